The fourth-order valence-electron chi connectivity index (χ4n) is 4.23. The van der Waals surface area contributed by atoms with Crippen LogP contribution >= 0.6 is 15.9 Å². The van der Waals surface area contributed by atoms with Gasteiger partial charge in [0.15, 0.2) is 0 Å². The number of aryl methyl sites for hydroxylation is 1. The highest BCUT2D eigenvalue weighted by molar-refractivity contribution is 9.10. The second-order valence-electron chi connectivity index (χ2n) is 7.46. The molecule has 0 saturated carbocycles. The number of hydrogen-bond acceptors (Lipinski definition) is 5. The van der Waals surface area contributed by atoms with Crippen LogP contribution in [-0.2, 0) is 27.7 Å². The molecule has 1 aliphatic carbocycles. The van der Waals surface area contributed by atoms with E-state index in [4.69, 9.17) is 4.42 Å². The zero-order chi connectivity index (χ0) is 21.1. The van der Waals surface area contributed by atoms with Gasteiger partial charge >= 0.3 is 0 Å². The van der Waals surface area contributed by atoms with E-state index >= 15 is 4.39 Å². The summed E-state index contributed by atoms with van der Waals surface area (Å²) < 4.78 is 50.1. The molecule has 0 amide bonds. The number of alkyl halides is 1. The van der Waals surface area contributed by atoms with E-state index in [1.165, 1.54) is 19.1 Å². The Hall–Kier alpha value is -2.52. The highest BCUT2D eigenvalue weighted by Crippen LogP contribution is 2.49. The Kier molecular flexibility index (Phi) is 4.37. The van der Waals surface area contributed by atoms with Crippen LogP contribution in [0, 0.1) is 12.8 Å². The third-order valence-corrected chi connectivity index (χ3v) is 8.32. The molecule has 0 aliphatic heterocycles. The lowest BCUT2D eigenvalue weighted by atomic mass is 9.98. The molecule has 1 N–H and O–H groups in total. The number of nitrogens with one attached hydrogen (secondary N) is 1. The van der Waals surface area contributed by atoms with E-state index < -0.39 is 26.6 Å². The molecule has 0 fully saturated rings. The van der Waals surface area contributed by atoms with Gasteiger partial charge in [-0.3, -0.25) is 0 Å². The van der Waals surface area contributed by atoms with Gasteiger partial charge in [0.2, 0.25) is 15.7 Å². The minimum Gasteiger partial charge on any atom is -0.421 e. The van der Waals surface area contributed by atoms with E-state index in [0.29, 0.717) is 0 Å². The van der Waals surface area contributed by atoms with Crippen molar-refractivity contribution in [3.63, 3.8) is 0 Å². The number of fused-ring (bicyclic) bond motifs is 3. The molecular weight excluding hydrogens is 473 g/mol. The molecule has 0 bridgehead atoms. The molecule has 6 nitrogen and oxygen atoms in total. The van der Waals surface area contributed by atoms with Crippen molar-refractivity contribution in [2.45, 2.75) is 29.7 Å². The van der Waals surface area contributed by atoms with Crippen molar-refractivity contribution < 1.29 is 17.2 Å². The summed E-state index contributed by atoms with van der Waals surface area (Å²) in [6.45, 7) is 1.51. The summed E-state index contributed by atoms with van der Waals surface area (Å²) in [6.07, 6.45) is 0.446. The molecule has 2 heterocycles. The highest BCUT2D eigenvalue weighted by Gasteiger charge is 2.59. The molecule has 9 heteroatoms. The van der Waals surface area contributed by atoms with Crippen LogP contribution in [0.25, 0.3) is 10.9 Å². The second kappa shape index (κ2) is 6.75. The number of aromatic amines is 1. The van der Waals surface area contributed by atoms with Crippen LogP contribution in [0.1, 0.15) is 23.0 Å². The Labute approximate surface area is 180 Å². The van der Waals surface area contributed by atoms with Gasteiger partial charge in [0.05, 0.1) is 4.90 Å². The van der Waals surface area contributed by atoms with Gasteiger partial charge in [0, 0.05) is 33.9 Å². The average molecular weight is 490 g/mol. The van der Waals surface area contributed by atoms with E-state index in [0.717, 1.165) is 26.6 Å². The minimum atomic E-state index is -4.47. The fraction of sp³-hybridized carbons (Fsp3) is 0.238. The molecule has 5 rings (SSSR count). The smallest absolute Gasteiger partial charge is 0.294 e. The van der Waals surface area contributed by atoms with E-state index in [1.807, 2.05) is 18.2 Å². The number of hydrogen-bond donors (Lipinski definition) is 1. The molecule has 2 atom stereocenters. The lowest BCUT2D eigenvalue weighted by molar-refractivity contribution is 0.137. The maximum absolute atomic E-state index is 16.8. The van der Waals surface area contributed by atoms with Crippen LogP contribution in [0.5, 0.6) is 0 Å². The van der Waals surface area contributed by atoms with Crippen LogP contribution < -0.4 is 0 Å². The topological polar surface area (TPSA) is 88.9 Å². The van der Waals surface area contributed by atoms with Crippen molar-refractivity contribution in [1.82, 2.24) is 15.2 Å². The Morgan fingerprint density at radius 1 is 1.17 bits per heavy atom. The Balaban J connectivity index is 1.65. The number of sulfone groups is 1. The molecule has 30 heavy (non-hydrogen) atoms. The number of H-pyrrole nitrogens is 1. The number of halogens is 2. The van der Waals surface area contributed by atoms with Gasteiger partial charge in [0.1, 0.15) is 0 Å². The third kappa shape index (κ3) is 2.75. The first kappa shape index (κ1) is 19.4. The van der Waals surface area contributed by atoms with Crippen molar-refractivity contribution in [3.8, 4) is 0 Å². The normalized spacial score (nSPS) is 18.4. The molecule has 1 aliphatic rings. The molecule has 0 saturated heterocycles. The van der Waals surface area contributed by atoms with Crippen molar-refractivity contribution >= 4 is 36.7 Å². The van der Waals surface area contributed by atoms with E-state index in [9.17, 15) is 8.42 Å². The summed E-state index contributed by atoms with van der Waals surface area (Å²) in [5.41, 5.74) is 2.68. The van der Waals surface area contributed by atoms with Crippen LogP contribution in [0.3, 0.4) is 0 Å². The largest absolute Gasteiger partial charge is 0.421 e. The predicted molar refractivity (Wildman–Crippen MR) is 112 cm³/mol. The van der Waals surface area contributed by atoms with Crippen LogP contribution in [0.15, 0.2) is 62.3 Å². The van der Waals surface area contributed by atoms with E-state index in [2.05, 4.69) is 31.1 Å². The zero-order valence-corrected chi connectivity index (χ0v) is 18.3. The van der Waals surface area contributed by atoms with Gasteiger partial charge in [-0.2, -0.15) is 0 Å². The van der Waals surface area contributed by atoms with Gasteiger partial charge in [-0.1, -0.05) is 34.1 Å². The summed E-state index contributed by atoms with van der Waals surface area (Å²) >= 11 is 3.46. The molecule has 2 aromatic heterocycles. The van der Waals surface area contributed by atoms with E-state index in [-0.39, 0.29) is 23.6 Å². The number of nitrogens with zero attached hydrogens (tertiary/aromatic N) is 2. The predicted octanol–water partition coefficient (Wildman–Crippen LogP) is 4.63. The molecule has 0 spiro atoms. The fourth-order valence-corrected chi connectivity index (χ4v) is 6.36. The molecule has 2 unspecified atom stereocenters. The van der Waals surface area contributed by atoms with Gasteiger partial charge < -0.3 is 9.40 Å². The molecular formula is C21H17BrFN3O3S. The Morgan fingerprint density at radius 2 is 1.93 bits per heavy atom. The van der Waals surface area contributed by atoms with Crippen molar-refractivity contribution in [3.05, 3.63) is 76.0 Å². The summed E-state index contributed by atoms with van der Waals surface area (Å²) in [7, 11) is -4.47. The average Bonchev–Trinajstić information content (AvgIpc) is 3.43. The molecule has 4 aromatic rings. The van der Waals surface area contributed by atoms with Crippen LogP contribution in [-0.4, -0.2) is 23.6 Å². The highest BCUT2D eigenvalue weighted by atomic mass is 79.9. The third-order valence-electron chi connectivity index (χ3n) is 5.64. The van der Waals surface area contributed by atoms with Gasteiger partial charge in [-0.15, -0.1) is 10.2 Å². The summed E-state index contributed by atoms with van der Waals surface area (Å²) in [5, 5.41) is 5.58. The maximum atomic E-state index is 16.8. The van der Waals surface area contributed by atoms with Crippen molar-refractivity contribution in [1.29, 1.82) is 0 Å². The molecule has 2 aromatic carbocycles. The summed E-state index contributed by atoms with van der Waals surface area (Å²) in [5.74, 6) is -1.32. The summed E-state index contributed by atoms with van der Waals surface area (Å²) in [6, 6.07) is 13.4. The standard InChI is InChI=1S/C21H17BrFN3O3S/c1-12-25-26-20(29-12)21(23,30(27,28)15-5-3-2-4-6-15)13-9-16-17-11-14(22)7-8-18(17)24-19(16)10-13/h2-8,11,13,24H,9-10H2,1H3. The van der Waals surface area contributed by atoms with Crippen molar-refractivity contribution in [2.24, 2.45) is 5.92 Å². The lowest BCUT2D eigenvalue weighted by Crippen LogP contribution is -2.40. The zero-order valence-electron chi connectivity index (χ0n) is 15.9. The molecule has 0 radical (unpaired) electrons. The van der Waals surface area contributed by atoms with Crippen LogP contribution in [0.4, 0.5) is 4.39 Å². The first-order chi connectivity index (χ1) is 14.3. The van der Waals surface area contributed by atoms with Gasteiger partial charge in [0.25, 0.3) is 10.9 Å². The maximum Gasteiger partial charge on any atom is 0.294 e. The SMILES string of the molecule is Cc1nnc(C(F)(C2Cc3[nH]c4ccc(Br)cc4c3C2)S(=O)(=O)c2ccccc2)o1. The number of rotatable bonds is 4. The monoisotopic (exact) mass is 489 g/mol. The van der Waals surface area contributed by atoms with Gasteiger partial charge in [-0.05, 0) is 48.7 Å². The number of aromatic nitrogens is 3. The summed E-state index contributed by atoms with van der Waals surface area (Å²) in [4.78, 5) is 3.19. The lowest BCUT2D eigenvalue weighted by Gasteiger charge is -2.28. The quantitative estimate of drug-likeness (QED) is 0.451. The van der Waals surface area contributed by atoms with Gasteiger partial charge in [-0.25, -0.2) is 12.8 Å². The van der Waals surface area contributed by atoms with Crippen LogP contribution in [0.2, 0.25) is 0 Å². The van der Waals surface area contributed by atoms with Crippen molar-refractivity contribution in [2.75, 3.05) is 0 Å². The first-order valence-electron chi connectivity index (χ1n) is 9.39. The second-order valence-corrected chi connectivity index (χ2v) is 10.5. The Bertz CT molecular complexity index is 1370. The molecule has 154 valence electrons. The van der Waals surface area contributed by atoms with E-state index in [1.54, 1.807) is 18.2 Å². The number of benzene rings is 2. The minimum absolute atomic E-state index is 0.112. The first-order valence-corrected chi connectivity index (χ1v) is 11.7. The Morgan fingerprint density at radius 3 is 2.63 bits per heavy atom.